The second-order valence-corrected chi connectivity index (χ2v) is 8.56. The molecule has 0 bridgehead atoms. The lowest BCUT2D eigenvalue weighted by atomic mass is 9.95. The number of amides is 1. The highest BCUT2D eigenvalue weighted by molar-refractivity contribution is 7.80. The molecule has 1 unspecified atom stereocenters. The van der Waals surface area contributed by atoms with Crippen molar-refractivity contribution >= 4 is 45.7 Å². The zero-order valence-corrected chi connectivity index (χ0v) is 20.6. The maximum atomic E-state index is 13.0. The Morgan fingerprint density at radius 1 is 1.03 bits per heavy atom. The largest absolute Gasteiger partial charge is 0.460 e. The molecule has 1 atom stereocenters. The summed E-state index contributed by atoms with van der Waals surface area (Å²) in [5.74, 6) is -0.619. The Bertz CT molecular complexity index is 1300. The number of allylic oxidation sites excluding steroid dienone is 1. The number of rotatable bonds is 7. The van der Waals surface area contributed by atoms with Gasteiger partial charge in [0.1, 0.15) is 6.61 Å². The van der Waals surface area contributed by atoms with Gasteiger partial charge in [0.05, 0.1) is 18.2 Å². The number of methoxy groups -OCH3 is 1. The second-order valence-electron chi connectivity index (χ2n) is 8.17. The number of ether oxygens (including phenoxy) is 2. The van der Waals surface area contributed by atoms with Gasteiger partial charge in [0.15, 0.2) is 5.11 Å². The Hall–Kier alpha value is -3.75. The first-order valence-corrected chi connectivity index (χ1v) is 11.6. The van der Waals surface area contributed by atoms with E-state index >= 15 is 0 Å². The van der Waals surface area contributed by atoms with Gasteiger partial charge >= 0.3 is 5.97 Å². The number of nitrogens with one attached hydrogen (secondary N) is 2. The van der Waals surface area contributed by atoms with Crippen LogP contribution in [0.2, 0.25) is 0 Å². The van der Waals surface area contributed by atoms with Crippen molar-refractivity contribution in [2.75, 3.05) is 32.7 Å². The van der Waals surface area contributed by atoms with Crippen molar-refractivity contribution in [3.63, 3.8) is 0 Å². The van der Waals surface area contributed by atoms with Crippen molar-refractivity contribution in [1.29, 1.82) is 0 Å². The lowest BCUT2D eigenvalue weighted by molar-refractivity contribution is -0.140. The monoisotopic (exact) mass is 489 g/mol. The number of carbonyl (C=O) groups excluding carboxylic acids is 2. The molecule has 7 nitrogen and oxygen atoms in total. The van der Waals surface area contributed by atoms with Gasteiger partial charge in [-0.25, -0.2) is 4.79 Å². The molecule has 1 aliphatic heterocycles. The van der Waals surface area contributed by atoms with E-state index < -0.39 is 12.0 Å². The third-order valence-electron chi connectivity index (χ3n) is 6.03. The first-order valence-electron chi connectivity index (χ1n) is 11.2. The van der Waals surface area contributed by atoms with Gasteiger partial charge in [-0.2, -0.15) is 0 Å². The fourth-order valence-electron chi connectivity index (χ4n) is 4.03. The van der Waals surface area contributed by atoms with E-state index in [0.717, 1.165) is 22.0 Å². The molecule has 0 aromatic heterocycles. The minimum absolute atomic E-state index is 0.159. The molecule has 0 fully saturated rings. The van der Waals surface area contributed by atoms with E-state index in [1.807, 2.05) is 73.7 Å². The summed E-state index contributed by atoms with van der Waals surface area (Å²) in [4.78, 5) is 27.6. The highest BCUT2D eigenvalue weighted by Gasteiger charge is 2.33. The van der Waals surface area contributed by atoms with Crippen molar-refractivity contribution in [1.82, 2.24) is 10.2 Å². The number of thiocarbonyl (C=S) groups is 1. The minimum Gasteiger partial charge on any atom is -0.460 e. The van der Waals surface area contributed by atoms with Crippen LogP contribution in [-0.4, -0.2) is 49.3 Å². The number of nitrogens with zero attached hydrogens (tertiary/aromatic N) is 1. The second kappa shape index (κ2) is 10.7. The fourth-order valence-corrected chi connectivity index (χ4v) is 4.28. The summed E-state index contributed by atoms with van der Waals surface area (Å²) in [6.45, 7) is 2.31. The van der Waals surface area contributed by atoms with Gasteiger partial charge in [-0.3, -0.25) is 4.79 Å². The van der Waals surface area contributed by atoms with Gasteiger partial charge in [-0.1, -0.05) is 48.5 Å². The predicted octanol–water partition coefficient (Wildman–Crippen LogP) is 4.42. The first kappa shape index (κ1) is 24.4. The Kier molecular flexibility index (Phi) is 7.43. The van der Waals surface area contributed by atoms with E-state index in [1.165, 1.54) is 0 Å². The molecule has 0 spiro atoms. The Labute approximate surface area is 209 Å². The van der Waals surface area contributed by atoms with Crippen LogP contribution < -0.4 is 10.6 Å². The molecular weight excluding hydrogens is 462 g/mol. The van der Waals surface area contributed by atoms with Crippen molar-refractivity contribution in [3.05, 3.63) is 89.1 Å². The van der Waals surface area contributed by atoms with Crippen LogP contribution in [0, 0.1) is 0 Å². The minimum atomic E-state index is -0.475. The standard InChI is InChI=1S/C27H27N3O4S/c1-17-23(26(32)34-16-15-33-3)24(29-27(35)30(17)2)19-11-13-20(14-12-19)28-25(31)22-10-6-8-18-7-4-5-9-21(18)22/h4-14,24H,15-16H2,1-3H3,(H,28,31)(H,29,35). The third kappa shape index (κ3) is 5.18. The summed E-state index contributed by atoms with van der Waals surface area (Å²) in [5.41, 5.74) is 3.27. The van der Waals surface area contributed by atoms with Crippen LogP contribution in [0.4, 0.5) is 5.69 Å². The van der Waals surface area contributed by atoms with E-state index in [2.05, 4.69) is 10.6 Å². The lowest BCUT2D eigenvalue weighted by Crippen LogP contribution is -2.46. The Balaban J connectivity index is 1.56. The summed E-state index contributed by atoms with van der Waals surface area (Å²) in [6, 6.07) is 20.3. The Morgan fingerprint density at radius 2 is 1.74 bits per heavy atom. The molecular formula is C27H27N3O4S. The number of fused-ring (bicyclic) bond motifs is 1. The zero-order chi connectivity index (χ0) is 24.9. The summed E-state index contributed by atoms with van der Waals surface area (Å²) < 4.78 is 10.4. The predicted molar refractivity (Wildman–Crippen MR) is 140 cm³/mol. The molecule has 0 radical (unpaired) electrons. The number of carbonyl (C=O) groups is 2. The number of hydrogen-bond acceptors (Lipinski definition) is 5. The van der Waals surface area contributed by atoms with Gasteiger partial charge in [-0.15, -0.1) is 0 Å². The molecule has 0 aliphatic carbocycles. The average Bonchev–Trinajstić information content (AvgIpc) is 2.87. The molecule has 1 aliphatic rings. The van der Waals surface area contributed by atoms with Crippen LogP contribution in [0.25, 0.3) is 10.8 Å². The molecule has 0 saturated carbocycles. The van der Waals surface area contributed by atoms with Gasteiger partial charge in [0, 0.05) is 31.1 Å². The molecule has 3 aromatic rings. The van der Waals surface area contributed by atoms with Gasteiger partial charge in [0.25, 0.3) is 5.91 Å². The number of anilines is 1. The third-order valence-corrected chi connectivity index (χ3v) is 6.42. The van der Waals surface area contributed by atoms with Gasteiger partial charge in [-0.05, 0) is 53.7 Å². The van der Waals surface area contributed by atoms with E-state index in [1.54, 1.807) is 19.1 Å². The normalized spacial score (nSPS) is 15.7. The van der Waals surface area contributed by atoms with Crippen molar-refractivity contribution < 1.29 is 19.1 Å². The lowest BCUT2D eigenvalue weighted by Gasteiger charge is -2.35. The van der Waals surface area contributed by atoms with Crippen LogP contribution >= 0.6 is 12.2 Å². The SMILES string of the molecule is COCCOC(=O)C1=C(C)N(C)C(=S)NC1c1ccc(NC(=O)c2cccc3ccccc23)cc1. The topological polar surface area (TPSA) is 79.9 Å². The summed E-state index contributed by atoms with van der Waals surface area (Å²) in [7, 11) is 3.35. The quantitative estimate of drug-likeness (QED) is 0.289. The van der Waals surface area contributed by atoms with E-state index in [9.17, 15) is 9.59 Å². The molecule has 35 heavy (non-hydrogen) atoms. The number of hydrogen-bond donors (Lipinski definition) is 2. The zero-order valence-electron chi connectivity index (χ0n) is 19.8. The molecule has 0 saturated heterocycles. The fraction of sp³-hybridized carbons (Fsp3) is 0.222. The van der Waals surface area contributed by atoms with E-state index in [0.29, 0.717) is 28.5 Å². The Morgan fingerprint density at radius 3 is 2.49 bits per heavy atom. The molecule has 1 heterocycles. The molecule has 3 aromatic carbocycles. The molecule has 2 N–H and O–H groups in total. The summed E-state index contributed by atoms with van der Waals surface area (Å²) >= 11 is 5.46. The number of benzene rings is 3. The van der Waals surface area contributed by atoms with E-state index in [-0.39, 0.29) is 12.5 Å². The van der Waals surface area contributed by atoms with Gasteiger partial charge < -0.3 is 25.0 Å². The van der Waals surface area contributed by atoms with Crippen LogP contribution in [0.1, 0.15) is 28.9 Å². The summed E-state index contributed by atoms with van der Waals surface area (Å²) in [6.07, 6.45) is 0. The summed E-state index contributed by atoms with van der Waals surface area (Å²) in [5, 5.41) is 8.59. The van der Waals surface area contributed by atoms with Crippen LogP contribution in [0.5, 0.6) is 0 Å². The van der Waals surface area contributed by atoms with E-state index in [4.69, 9.17) is 21.7 Å². The maximum absolute atomic E-state index is 13.0. The van der Waals surface area contributed by atoms with Crippen molar-refractivity contribution in [2.45, 2.75) is 13.0 Å². The van der Waals surface area contributed by atoms with Gasteiger partial charge in [0.2, 0.25) is 0 Å². The molecule has 1 amide bonds. The van der Waals surface area contributed by atoms with Crippen molar-refractivity contribution in [3.8, 4) is 0 Å². The average molecular weight is 490 g/mol. The van der Waals surface area contributed by atoms with Crippen LogP contribution in [0.3, 0.4) is 0 Å². The highest BCUT2D eigenvalue weighted by Crippen LogP contribution is 2.31. The highest BCUT2D eigenvalue weighted by atomic mass is 32.1. The smallest absolute Gasteiger partial charge is 0.338 e. The molecule has 180 valence electrons. The van der Waals surface area contributed by atoms with Crippen molar-refractivity contribution in [2.24, 2.45) is 0 Å². The number of esters is 1. The first-order chi connectivity index (χ1) is 16.9. The molecule has 4 rings (SSSR count). The maximum Gasteiger partial charge on any atom is 0.338 e. The van der Waals surface area contributed by atoms with Crippen LogP contribution in [0.15, 0.2) is 78.0 Å². The molecule has 8 heteroatoms. The van der Waals surface area contributed by atoms with Crippen LogP contribution in [-0.2, 0) is 14.3 Å².